The highest BCUT2D eigenvalue weighted by atomic mass is 79.9. The van der Waals surface area contributed by atoms with Crippen LogP contribution < -0.4 is 5.32 Å². The van der Waals surface area contributed by atoms with Crippen LogP contribution in [0.5, 0.6) is 0 Å². The molecule has 2 amide bonds. The molecule has 1 N–H and O–H groups in total. The number of alkyl halides is 4. The van der Waals surface area contributed by atoms with E-state index in [4.69, 9.17) is 0 Å². The van der Waals surface area contributed by atoms with Gasteiger partial charge < -0.3 is 5.32 Å². The summed E-state index contributed by atoms with van der Waals surface area (Å²) in [5.41, 5.74) is -1.52. The Hall–Kier alpha value is -1.71. The van der Waals surface area contributed by atoms with E-state index >= 15 is 0 Å². The number of hydrogen-bond acceptors (Lipinski definition) is 5. The first kappa shape index (κ1) is 21.0. The Morgan fingerprint density at radius 1 is 1.18 bits per heavy atom. The van der Waals surface area contributed by atoms with Crippen LogP contribution in [0.3, 0.4) is 0 Å². The molecule has 0 bridgehead atoms. The maximum absolute atomic E-state index is 13.1. The van der Waals surface area contributed by atoms with Crippen LogP contribution in [0.1, 0.15) is 52.1 Å². The summed E-state index contributed by atoms with van der Waals surface area (Å²) in [5.74, 6) is -0.318. The normalized spacial score (nSPS) is 28.9. The summed E-state index contributed by atoms with van der Waals surface area (Å²) in [6, 6.07) is -0.653. The molecular weight excluding hydrogens is 441 g/mol. The largest absolute Gasteiger partial charge is 0.434 e. The second-order valence-electron chi connectivity index (χ2n) is 8.33. The molecule has 10 heteroatoms. The van der Waals surface area contributed by atoms with Gasteiger partial charge in [-0.3, -0.25) is 14.5 Å². The number of halogens is 4. The topological polar surface area (TPSA) is 75.2 Å². The summed E-state index contributed by atoms with van der Waals surface area (Å²) in [6.45, 7) is 5.70. The molecule has 1 aliphatic heterocycles. The van der Waals surface area contributed by atoms with Gasteiger partial charge in [0.2, 0.25) is 11.8 Å². The number of nitrogens with one attached hydrogen (secondary N) is 1. The Morgan fingerprint density at radius 3 is 2.36 bits per heavy atom. The number of rotatable bonds is 3. The van der Waals surface area contributed by atoms with E-state index in [1.165, 1.54) is 4.90 Å². The average molecular weight is 463 g/mol. The van der Waals surface area contributed by atoms with E-state index in [0.29, 0.717) is 19.0 Å². The zero-order valence-electron chi connectivity index (χ0n) is 15.8. The van der Waals surface area contributed by atoms with Crippen LogP contribution in [0.2, 0.25) is 0 Å². The van der Waals surface area contributed by atoms with Gasteiger partial charge in [0.15, 0.2) is 5.69 Å². The number of nitrogens with zero attached hydrogens (tertiary/aromatic N) is 3. The van der Waals surface area contributed by atoms with Gasteiger partial charge in [-0.15, -0.1) is 0 Å². The van der Waals surface area contributed by atoms with Gasteiger partial charge in [-0.25, -0.2) is 9.97 Å². The molecule has 1 saturated carbocycles. The molecule has 1 unspecified atom stereocenters. The summed E-state index contributed by atoms with van der Waals surface area (Å²) in [6.07, 6.45) is -0.679. The van der Waals surface area contributed by atoms with Crippen LogP contribution in [0, 0.1) is 5.41 Å². The lowest BCUT2D eigenvalue weighted by Gasteiger charge is -2.35. The Morgan fingerprint density at radius 2 is 1.86 bits per heavy atom. The van der Waals surface area contributed by atoms with E-state index in [-0.39, 0.29) is 36.1 Å². The van der Waals surface area contributed by atoms with Crippen LogP contribution in [0.4, 0.5) is 19.0 Å². The summed E-state index contributed by atoms with van der Waals surface area (Å²) in [4.78, 5) is 34.3. The van der Waals surface area contributed by atoms with Gasteiger partial charge in [-0.2, -0.15) is 13.2 Å². The lowest BCUT2D eigenvalue weighted by atomic mass is 9.79. The monoisotopic (exact) mass is 462 g/mol. The zero-order valence-corrected chi connectivity index (χ0v) is 17.4. The molecule has 0 spiro atoms. The first-order valence-electron chi connectivity index (χ1n) is 9.06. The highest BCUT2D eigenvalue weighted by Gasteiger charge is 2.59. The van der Waals surface area contributed by atoms with E-state index in [1.807, 2.05) is 20.8 Å². The van der Waals surface area contributed by atoms with Gasteiger partial charge >= 0.3 is 6.18 Å². The molecule has 6 nitrogen and oxygen atoms in total. The third-order valence-electron chi connectivity index (χ3n) is 5.50. The molecule has 3 rings (SSSR count). The molecular formula is C18H22BrF3N4O2. The molecule has 1 aliphatic carbocycles. The Balaban J connectivity index is 1.78. The van der Waals surface area contributed by atoms with E-state index in [2.05, 4.69) is 31.2 Å². The molecule has 1 saturated heterocycles. The predicted octanol–water partition coefficient (Wildman–Crippen LogP) is 3.77. The van der Waals surface area contributed by atoms with Crippen molar-refractivity contribution >= 4 is 33.6 Å². The Bertz CT molecular complexity index is 779. The van der Waals surface area contributed by atoms with Crippen molar-refractivity contribution in [2.45, 2.75) is 69.0 Å². The highest BCUT2D eigenvalue weighted by Crippen LogP contribution is 2.48. The van der Waals surface area contributed by atoms with E-state index in [0.717, 1.165) is 12.6 Å². The summed E-state index contributed by atoms with van der Waals surface area (Å²) < 4.78 is 37.0. The first-order valence-corrected chi connectivity index (χ1v) is 9.85. The fourth-order valence-electron chi connectivity index (χ4n) is 3.75. The van der Waals surface area contributed by atoms with Crippen molar-refractivity contribution in [3.05, 3.63) is 18.1 Å². The van der Waals surface area contributed by atoms with E-state index in [9.17, 15) is 22.8 Å². The van der Waals surface area contributed by atoms with Gasteiger partial charge in [0.1, 0.15) is 10.1 Å². The summed E-state index contributed by atoms with van der Waals surface area (Å²) >= 11 is 3.51. The van der Waals surface area contributed by atoms with Gasteiger partial charge in [-0.1, -0.05) is 36.7 Å². The fourth-order valence-corrected chi connectivity index (χ4v) is 4.18. The zero-order chi connectivity index (χ0) is 20.9. The minimum Gasteiger partial charge on any atom is -0.364 e. The number of imide groups is 1. The predicted molar refractivity (Wildman–Crippen MR) is 99.7 cm³/mol. The molecule has 2 fully saturated rings. The summed E-state index contributed by atoms with van der Waals surface area (Å²) in [5, 5.41) is 3.05. The van der Waals surface area contributed by atoms with Crippen LogP contribution in [-0.2, 0) is 15.8 Å². The van der Waals surface area contributed by atoms with Crippen molar-refractivity contribution < 1.29 is 22.8 Å². The van der Waals surface area contributed by atoms with Gasteiger partial charge in [0.05, 0.1) is 24.9 Å². The molecule has 154 valence electrons. The van der Waals surface area contributed by atoms with Crippen molar-refractivity contribution in [1.29, 1.82) is 0 Å². The van der Waals surface area contributed by atoms with Crippen molar-refractivity contribution in [1.82, 2.24) is 14.9 Å². The number of amides is 2. The summed E-state index contributed by atoms with van der Waals surface area (Å²) in [7, 11) is 0. The molecule has 1 aromatic rings. The fraction of sp³-hybridized carbons (Fsp3) is 0.667. The lowest BCUT2D eigenvalue weighted by Crippen LogP contribution is -2.51. The van der Waals surface area contributed by atoms with Gasteiger partial charge in [-0.05, 0) is 24.7 Å². The number of carbonyl (C=O) groups excluding carboxylic acids is 2. The van der Waals surface area contributed by atoms with Crippen LogP contribution >= 0.6 is 15.9 Å². The number of anilines is 1. The number of hydrogen-bond donors (Lipinski definition) is 1. The maximum atomic E-state index is 13.1. The molecule has 0 aromatic carbocycles. The molecule has 2 heterocycles. The van der Waals surface area contributed by atoms with Crippen LogP contribution in [0.15, 0.2) is 12.4 Å². The SMILES string of the molecule is CC(C)(C)C1(Br)CC(=O)N([C@H]2CCC[C@@H]2Nc2cnc(C(F)(F)F)cn2)C1=O. The molecule has 3 atom stereocenters. The molecule has 28 heavy (non-hydrogen) atoms. The Labute approximate surface area is 169 Å². The van der Waals surface area contributed by atoms with Crippen molar-refractivity contribution in [2.75, 3.05) is 5.32 Å². The minimum atomic E-state index is -4.55. The smallest absolute Gasteiger partial charge is 0.364 e. The number of likely N-dealkylation sites (tertiary alicyclic amines) is 1. The van der Waals surface area contributed by atoms with E-state index in [1.54, 1.807) is 0 Å². The molecule has 1 aromatic heterocycles. The van der Waals surface area contributed by atoms with Gasteiger partial charge in [0.25, 0.3) is 0 Å². The maximum Gasteiger partial charge on any atom is 0.434 e. The highest BCUT2D eigenvalue weighted by molar-refractivity contribution is 9.10. The third-order valence-corrected chi connectivity index (χ3v) is 7.31. The number of aromatic nitrogens is 2. The van der Waals surface area contributed by atoms with Gasteiger partial charge in [0, 0.05) is 6.04 Å². The van der Waals surface area contributed by atoms with Crippen LogP contribution in [-0.4, -0.2) is 43.1 Å². The van der Waals surface area contributed by atoms with Crippen molar-refractivity contribution in [2.24, 2.45) is 5.41 Å². The minimum absolute atomic E-state index is 0.0820. The Kier molecular flexibility index (Phi) is 5.23. The van der Waals surface area contributed by atoms with Crippen molar-refractivity contribution in [3.8, 4) is 0 Å². The first-order chi connectivity index (χ1) is 12.8. The number of carbonyl (C=O) groups is 2. The second kappa shape index (κ2) is 6.96. The standard InChI is InChI=1S/C18H22BrF3N4O2/c1-16(2,3)17(19)7-14(27)26(15(17)28)11-6-4-5-10(11)25-13-9-23-12(8-24-13)18(20,21)22/h8-11H,4-7H2,1-3H3,(H,24,25)/t10-,11-,17?/m0/s1. The molecule has 0 radical (unpaired) electrons. The third kappa shape index (κ3) is 3.62. The van der Waals surface area contributed by atoms with E-state index < -0.39 is 21.6 Å². The molecule has 2 aliphatic rings. The quantitative estimate of drug-likeness (QED) is 0.546. The second-order valence-corrected chi connectivity index (χ2v) is 9.68. The lowest BCUT2D eigenvalue weighted by molar-refractivity contribution is -0.143. The van der Waals surface area contributed by atoms with Crippen LogP contribution in [0.25, 0.3) is 0 Å². The average Bonchev–Trinajstić information content (AvgIpc) is 3.09. The van der Waals surface area contributed by atoms with Crippen molar-refractivity contribution in [3.63, 3.8) is 0 Å².